The topological polar surface area (TPSA) is 12.9 Å². The minimum atomic E-state index is 0.376. The third-order valence-electron chi connectivity index (χ3n) is 3.59. The Balaban J connectivity index is 1.96. The Labute approximate surface area is 119 Å². The maximum absolute atomic E-state index is 4.13. The van der Waals surface area contributed by atoms with E-state index in [0.29, 0.717) is 5.92 Å². The van der Waals surface area contributed by atoms with E-state index in [1.54, 1.807) is 0 Å². The van der Waals surface area contributed by atoms with Crippen LogP contribution >= 0.6 is 0 Å². The summed E-state index contributed by atoms with van der Waals surface area (Å²) in [5.74, 6) is 0.376. The first-order valence-electron chi connectivity index (χ1n) is 6.92. The lowest BCUT2D eigenvalue weighted by Gasteiger charge is -2.18. The molecule has 0 saturated carbocycles. The molecular formula is C19H17N. The summed E-state index contributed by atoms with van der Waals surface area (Å²) in [7, 11) is 0. The Bertz CT molecular complexity index is 593. The van der Waals surface area contributed by atoms with Gasteiger partial charge in [0.25, 0.3) is 0 Å². The Hall–Kier alpha value is -2.41. The van der Waals surface area contributed by atoms with Gasteiger partial charge < -0.3 is 0 Å². The van der Waals surface area contributed by atoms with Crippen LogP contribution in [0.2, 0.25) is 0 Å². The normalized spacial score (nSPS) is 12.0. The van der Waals surface area contributed by atoms with Crippen molar-refractivity contribution in [2.24, 2.45) is 0 Å². The summed E-state index contributed by atoms with van der Waals surface area (Å²) in [6, 6.07) is 25.6. The largest absolute Gasteiger partial charge is 0.265 e. The highest BCUT2D eigenvalue weighted by molar-refractivity contribution is 5.34. The Morgan fingerprint density at radius 3 is 1.85 bits per heavy atom. The van der Waals surface area contributed by atoms with Crippen LogP contribution in [-0.4, -0.2) is 4.98 Å². The van der Waals surface area contributed by atoms with Gasteiger partial charge in [-0.05, 0) is 35.2 Å². The van der Waals surface area contributed by atoms with Crippen LogP contribution in [0.3, 0.4) is 0 Å². The number of aromatic nitrogens is 1. The highest BCUT2D eigenvalue weighted by Gasteiger charge is 2.14. The summed E-state index contributed by atoms with van der Waals surface area (Å²) in [6.45, 7) is 0. The van der Waals surface area contributed by atoms with Crippen LogP contribution in [0.25, 0.3) is 0 Å². The van der Waals surface area contributed by atoms with E-state index in [-0.39, 0.29) is 0 Å². The predicted molar refractivity (Wildman–Crippen MR) is 82.7 cm³/mol. The molecule has 0 radical (unpaired) electrons. The van der Waals surface area contributed by atoms with Gasteiger partial charge >= 0.3 is 0 Å². The maximum atomic E-state index is 4.13. The predicted octanol–water partition coefficient (Wildman–Crippen LogP) is 4.46. The number of nitrogens with zero attached hydrogens (tertiary/aromatic N) is 1. The zero-order valence-corrected chi connectivity index (χ0v) is 11.3. The molecule has 1 heterocycles. The SMILES string of the molecule is c1ccc(C[C@@H](c2ccccc2)c2ccncc2)cc1. The monoisotopic (exact) mass is 259 g/mol. The van der Waals surface area contributed by atoms with E-state index in [2.05, 4.69) is 77.8 Å². The molecule has 0 N–H and O–H groups in total. The highest BCUT2D eigenvalue weighted by Crippen LogP contribution is 2.27. The first-order valence-corrected chi connectivity index (χ1v) is 6.92. The number of hydrogen-bond donors (Lipinski definition) is 0. The first kappa shape index (κ1) is 12.6. The van der Waals surface area contributed by atoms with Gasteiger partial charge in [0.1, 0.15) is 0 Å². The van der Waals surface area contributed by atoms with E-state index in [1.807, 2.05) is 12.4 Å². The van der Waals surface area contributed by atoms with Crippen LogP contribution < -0.4 is 0 Å². The van der Waals surface area contributed by atoms with Gasteiger partial charge in [-0.2, -0.15) is 0 Å². The zero-order chi connectivity index (χ0) is 13.6. The van der Waals surface area contributed by atoms with E-state index < -0.39 is 0 Å². The fourth-order valence-electron chi connectivity index (χ4n) is 2.56. The minimum Gasteiger partial charge on any atom is -0.265 e. The lowest BCUT2D eigenvalue weighted by atomic mass is 9.86. The lowest BCUT2D eigenvalue weighted by molar-refractivity contribution is 0.803. The van der Waals surface area contributed by atoms with Crippen molar-refractivity contribution in [2.45, 2.75) is 12.3 Å². The quantitative estimate of drug-likeness (QED) is 0.674. The Morgan fingerprint density at radius 2 is 1.20 bits per heavy atom. The van der Waals surface area contributed by atoms with Gasteiger partial charge in [-0.1, -0.05) is 60.7 Å². The molecule has 1 heteroatoms. The van der Waals surface area contributed by atoms with Crippen LogP contribution in [0.15, 0.2) is 85.2 Å². The first-order chi connectivity index (χ1) is 9.93. The fourth-order valence-corrected chi connectivity index (χ4v) is 2.56. The summed E-state index contributed by atoms with van der Waals surface area (Å²) >= 11 is 0. The molecule has 0 amide bonds. The Kier molecular flexibility index (Phi) is 3.88. The number of rotatable bonds is 4. The molecule has 0 spiro atoms. The van der Waals surface area contributed by atoms with Crippen LogP contribution in [-0.2, 0) is 6.42 Å². The maximum Gasteiger partial charge on any atom is 0.0270 e. The Morgan fingerprint density at radius 1 is 0.650 bits per heavy atom. The molecule has 98 valence electrons. The molecular weight excluding hydrogens is 242 g/mol. The molecule has 0 aliphatic rings. The van der Waals surface area contributed by atoms with Gasteiger partial charge in [-0.3, -0.25) is 4.98 Å². The van der Waals surface area contributed by atoms with Crippen molar-refractivity contribution in [3.63, 3.8) is 0 Å². The summed E-state index contributed by atoms with van der Waals surface area (Å²) in [5, 5.41) is 0. The van der Waals surface area contributed by atoms with Crippen LogP contribution in [0.4, 0.5) is 0 Å². The van der Waals surface area contributed by atoms with E-state index in [9.17, 15) is 0 Å². The fraction of sp³-hybridized carbons (Fsp3) is 0.105. The second-order valence-electron chi connectivity index (χ2n) is 4.93. The molecule has 0 fully saturated rings. The molecule has 3 rings (SSSR count). The third kappa shape index (κ3) is 2.94. The van der Waals surface area contributed by atoms with Gasteiger partial charge in [0.2, 0.25) is 0 Å². The average molecular weight is 259 g/mol. The van der Waals surface area contributed by atoms with Crippen molar-refractivity contribution in [2.75, 3.05) is 0 Å². The van der Waals surface area contributed by atoms with E-state index >= 15 is 0 Å². The molecule has 0 aliphatic heterocycles. The van der Waals surface area contributed by atoms with Crippen molar-refractivity contribution in [1.29, 1.82) is 0 Å². The average Bonchev–Trinajstić information content (AvgIpc) is 2.55. The molecule has 1 nitrogen and oxygen atoms in total. The van der Waals surface area contributed by atoms with Crippen molar-refractivity contribution in [1.82, 2.24) is 4.98 Å². The van der Waals surface area contributed by atoms with Gasteiger partial charge in [0.05, 0.1) is 0 Å². The van der Waals surface area contributed by atoms with Crippen molar-refractivity contribution >= 4 is 0 Å². The molecule has 0 unspecified atom stereocenters. The number of hydrogen-bond acceptors (Lipinski definition) is 1. The van der Waals surface area contributed by atoms with Crippen molar-refractivity contribution in [3.05, 3.63) is 102 Å². The van der Waals surface area contributed by atoms with Crippen LogP contribution in [0, 0.1) is 0 Å². The zero-order valence-electron chi connectivity index (χ0n) is 11.3. The molecule has 3 aromatic rings. The summed E-state index contributed by atoms with van der Waals surface area (Å²) in [4.78, 5) is 4.13. The molecule has 20 heavy (non-hydrogen) atoms. The molecule has 1 atom stereocenters. The summed E-state index contributed by atoms with van der Waals surface area (Å²) in [5.41, 5.74) is 4.02. The second-order valence-corrected chi connectivity index (χ2v) is 4.93. The minimum absolute atomic E-state index is 0.376. The van der Waals surface area contributed by atoms with E-state index in [4.69, 9.17) is 0 Å². The smallest absolute Gasteiger partial charge is 0.0270 e. The molecule has 0 aliphatic carbocycles. The van der Waals surface area contributed by atoms with Gasteiger partial charge in [0, 0.05) is 18.3 Å². The molecule has 2 aromatic carbocycles. The molecule has 1 aromatic heterocycles. The third-order valence-corrected chi connectivity index (χ3v) is 3.59. The van der Waals surface area contributed by atoms with Gasteiger partial charge in [-0.25, -0.2) is 0 Å². The summed E-state index contributed by atoms with van der Waals surface area (Å²) in [6.07, 6.45) is 4.75. The van der Waals surface area contributed by atoms with E-state index in [0.717, 1.165) is 6.42 Å². The molecule has 0 bridgehead atoms. The number of pyridine rings is 1. The van der Waals surface area contributed by atoms with Crippen LogP contribution in [0.5, 0.6) is 0 Å². The van der Waals surface area contributed by atoms with Gasteiger partial charge in [-0.15, -0.1) is 0 Å². The number of benzene rings is 2. The van der Waals surface area contributed by atoms with Crippen molar-refractivity contribution in [3.8, 4) is 0 Å². The van der Waals surface area contributed by atoms with E-state index in [1.165, 1.54) is 16.7 Å². The highest BCUT2D eigenvalue weighted by atomic mass is 14.6. The standard InChI is InChI=1S/C19H17N/c1-3-7-16(8-4-1)15-19(17-9-5-2-6-10-17)18-11-13-20-14-12-18/h1-14,19H,15H2/t19-/m0/s1. The molecule has 0 saturated heterocycles. The lowest BCUT2D eigenvalue weighted by Crippen LogP contribution is -2.05. The van der Waals surface area contributed by atoms with Crippen molar-refractivity contribution < 1.29 is 0 Å². The second kappa shape index (κ2) is 6.16. The summed E-state index contributed by atoms with van der Waals surface area (Å²) < 4.78 is 0. The van der Waals surface area contributed by atoms with Gasteiger partial charge in [0.15, 0.2) is 0 Å². The van der Waals surface area contributed by atoms with Crippen LogP contribution in [0.1, 0.15) is 22.6 Å².